The Hall–Kier alpha value is -4.37. The molecule has 0 saturated carbocycles. The van der Waals surface area contributed by atoms with Crippen molar-refractivity contribution in [1.29, 1.82) is 0 Å². The number of rotatable bonds is 1. The first kappa shape index (κ1) is 20.8. The van der Waals surface area contributed by atoms with E-state index in [1.165, 1.54) is 22.6 Å². The molecule has 37 heavy (non-hydrogen) atoms. The largest absolute Gasteiger partial charge is 0.307 e. The van der Waals surface area contributed by atoms with Crippen molar-refractivity contribution in [2.24, 2.45) is 17.8 Å². The minimum atomic E-state index is 0.359. The van der Waals surface area contributed by atoms with Crippen LogP contribution in [0.1, 0.15) is 13.3 Å². The summed E-state index contributed by atoms with van der Waals surface area (Å²) >= 11 is 0. The first-order valence-electron chi connectivity index (χ1n) is 13.2. The minimum Gasteiger partial charge on any atom is -0.307 e. The maximum absolute atomic E-state index is 5.16. The third-order valence-corrected chi connectivity index (χ3v) is 8.24. The first-order chi connectivity index (χ1) is 18.3. The maximum Gasteiger partial charge on any atom is 0.147 e. The van der Waals surface area contributed by atoms with E-state index in [-0.39, 0.29) is 0 Å². The Morgan fingerprint density at radius 3 is 2.46 bits per heavy atom. The van der Waals surface area contributed by atoms with E-state index in [1.807, 2.05) is 0 Å². The van der Waals surface area contributed by atoms with E-state index < -0.39 is 0 Å². The van der Waals surface area contributed by atoms with Crippen molar-refractivity contribution in [3.05, 3.63) is 132 Å². The fourth-order valence-electron chi connectivity index (χ4n) is 6.60. The Morgan fingerprint density at radius 2 is 1.54 bits per heavy atom. The predicted octanol–water partition coefficient (Wildman–Crippen LogP) is 8.29. The van der Waals surface area contributed by atoms with Crippen molar-refractivity contribution in [2.75, 3.05) is 4.90 Å². The molecule has 4 aromatic rings. The zero-order valence-corrected chi connectivity index (χ0v) is 20.8. The molecule has 8 rings (SSSR count). The summed E-state index contributed by atoms with van der Waals surface area (Å²) in [5.41, 5.74) is 11.0. The third-order valence-electron chi connectivity index (χ3n) is 8.24. The van der Waals surface area contributed by atoms with Gasteiger partial charge in [-0.15, -0.1) is 0 Å². The van der Waals surface area contributed by atoms with Gasteiger partial charge in [0.05, 0.1) is 33.8 Å². The molecule has 1 aromatic heterocycles. The molecule has 1 aliphatic heterocycles. The molecule has 178 valence electrons. The van der Waals surface area contributed by atoms with Crippen molar-refractivity contribution in [3.63, 3.8) is 0 Å². The SMILES string of the molecule is CC1C=CC2=C(C1)[C@H]1C=CC=CC1C=C2N1c2ccccc2-c2nc3ccccc3n2-c2ccccc21. The second-order valence-electron chi connectivity index (χ2n) is 10.5. The third kappa shape index (κ3) is 2.97. The minimum absolute atomic E-state index is 0.359. The molecule has 3 heteroatoms. The molecule has 0 spiro atoms. The van der Waals surface area contributed by atoms with E-state index in [2.05, 4.69) is 132 Å². The van der Waals surface area contributed by atoms with Gasteiger partial charge in [-0.05, 0) is 54.3 Å². The highest BCUT2D eigenvalue weighted by Gasteiger charge is 2.36. The second-order valence-corrected chi connectivity index (χ2v) is 10.5. The van der Waals surface area contributed by atoms with Crippen molar-refractivity contribution in [2.45, 2.75) is 13.3 Å². The summed E-state index contributed by atoms with van der Waals surface area (Å²) in [6.45, 7) is 2.33. The average molecular weight is 478 g/mol. The van der Waals surface area contributed by atoms with Crippen molar-refractivity contribution in [1.82, 2.24) is 9.55 Å². The number of para-hydroxylation sites is 5. The number of aromatic nitrogens is 2. The molecule has 3 aromatic carbocycles. The molecule has 0 radical (unpaired) electrons. The fourth-order valence-corrected chi connectivity index (χ4v) is 6.60. The Balaban J connectivity index is 1.45. The van der Waals surface area contributed by atoms with Crippen LogP contribution in [0.2, 0.25) is 0 Å². The number of anilines is 2. The second kappa shape index (κ2) is 7.81. The van der Waals surface area contributed by atoms with Crippen molar-refractivity contribution in [3.8, 4) is 17.1 Å². The van der Waals surface area contributed by atoms with Crippen LogP contribution < -0.4 is 4.90 Å². The summed E-state index contributed by atoms with van der Waals surface area (Å²) in [5, 5.41) is 0. The summed E-state index contributed by atoms with van der Waals surface area (Å²) in [6.07, 6.45) is 17.5. The topological polar surface area (TPSA) is 21.1 Å². The summed E-state index contributed by atoms with van der Waals surface area (Å²) in [6, 6.07) is 26.0. The van der Waals surface area contributed by atoms with Crippen molar-refractivity contribution >= 4 is 22.4 Å². The van der Waals surface area contributed by atoms with Gasteiger partial charge in [0.1, 0.15) is 5.82 Å². The molecule has 0 N–H and O–H groups in total. The number of nitrogens with zero attached hydrogens (tertiary/aromatic N) is 3. The number of allylic oxidation sites excluding steroid dienone is 8. The van der Waals surface area contributed by atoms with E-state index in [0.717, 1.165) is 34.5 Å². The number of imidazole rings is 1. The highest BCUT2D eigenvalue weighted by Crippen LogP contribution is 2.51. The van der Waals surface area contributed by atoms with Gasteiger partial charge in [-0.3, -0.25) is 4.57 Å². The molecular formula is C34H27N3. The van der Waals surface area contributed by atoms with Crippen LogP contribution in [0, 0.1) is 17.8 Å². The number of fused-ring (bicyclic) bond motifs is 9. The fraction of sp³-hybridized carbons (Fsp3) is 0.147. The first-order valence-corrected chi connectivity index (χ1v) is 13.2. The van der Waals surface area contributed by atoms with E-state index in [0.29, 0.717) is 17.8 Å². The Labute approximate surface area is 217 Å². The van der Waals surface area contributed by atoms with E-state index in [4.69, 9.17) is 4.98 Å². The molecule has 2 heterocycles. The molecular weight excluding hydrogens is 450 g/mol. The van der Waals surface area contributed by atoms with Gasteiger partial charge in [0.25, 0.3) is 0 Å². The van der Waals surface area contributed by atoms with Crippen LogP contribution >= 0.6 is 0 Å². The van der Waals surface area contributed by atoms with Crippen molar-refractivity contribution < 1.29 is 0 Å². The molecule has 0 bridgehead atoms. The quantitative estimate of drug-likeness (QED) is 0.275. The standard InChI is InChI=1S/C34H27N3/c1-22-18-19-25-27(20-22)24-11-3-2-10-23(24)21-33(25)36-29-14-6-4-12-26(29)34-35-28-13-5-7-15-30(28)37(34)32-17-9-8-16-31(32)36/h2-19,21-24H,20H2,1H3/t22?,23?,24-/m0/s1. The van der Waals surface area contributed by atoms with Crippen LogP contribution in [0.3, 0.4) is 0 Å². The lowest BCUT2D eigenvalue weighted by Crippen LogP contribution is -2.29. The van der Waals surface area contributed by atoms with Gasteiger partial charge in [0.2, 0.25) is 0 Å². The Morgan fingerprint density at radius 1 is 0.784 bits per heavy atom. The summed E-state index contributed by atoms with van der Waals surface area (Å²) < 4.78 is 2.34. The summed E-state index contributed by atoms with van der Waals surface area (Å²) in [7, 11) is 0. The lowest BCUT2D eigenvalue weighted by molar-refractivity contribution is 0.547. The average Bonchev–Trinajstić information content (AvgIpc) is 3.28. The van der Waals surface area contributed by atoms with Crippen LogP contribution in [0.4, 0.5) is 11.4 Å². The summed E-state index contributed by atoms with van der Waals surface area (Å²) in [4.78, 5) is 7.65. The van der Waals surface area contributed by atoms with Crippen LogP contribution in [0.25, 0.3) is 28.1 Å². The van der Waals surface area contributed by atoms with Gasteiger partial charge in [-0.2, -0.15) is 0 Å². The summed E-state index contributed by atoms with van der Waals surface area (Å²) in [5.74, 6) is 2.34. The van der Waals surface area contributed by atoms with Gasteiger partial charge in [0, 0.05) is 17.4 Å². The van der Waals surface area contributed by atoms with E-state index in [9.17, 15) is 0 Å². The molecule has 0 saturated heterocycles. The lowest BCUT2D eigenvalue weighted by atomic mass is 9.71. The molecule has 0 fully saturated rings. The van der Waals surface area contributed by atoms with Gasteiger partial charge >= 0.3 is 0 Å². The maximum atomic E-state index is 5.16. The Bertz CT molecular complexity index is 1740. The van der Waals surface area contributed by atoms with Gasteiger partial charge in [0.15, 0.2) is 0 Å². The molecule has 3 atom stereocenters. The van der Waals surface area contributed by atoms with Crippen LogP contribution in [0.5, 0.6) is 0 Å². The number of benzene rings is 3. The van der Waals surface area contributed by atoms with Crippen LogP contribution in [-0.2, 0) is 0 Å². The van der Waals surface area contributed by atoms with Gasteiger partial charge in [-0.25, -0.2) is 4.98 Å². The molecule has 4 aliphatic rings. The van der Waals surface area contributed by atoms with Gasteiger partial charge in [-0.1, -0.05) is 91.4 Å². The lowest BCUT2D eigenvalue weighted by Gasteiger charge is -2.39. The monoisotopic (exact) mass is 477 g/mol. The highest BCUT2D eigenvalue weighted by molar-refractivity contribution is 5.95. The zero-order valence-electron chi connectivity index (χ0n) is 20.8. The smallest absolute Gasteiger partial charge is 0.147 e. The van der Waals surface area contributed by atoms with Gasteiger partial charge < -0.3 is 4.90 Å². The van der Waals surface area contributed by atoms with Crippen LogP contribution in [-0.4, -0.2) is 9.55 Å². The van der Waals surface area contributed by atoms with Crippen LogP contribution in [0.15, 0.2) is 132 Å². The highest BCUT2D eigenvalue weighted by atomic mass is 15.2. The zero-order chi connectivity index (χ0) is 24.5. The number of hydrogen-bond donors (Lipinski definition) is 0. The molecule has 0 amide bonds. The molecule has 2 unspecified atom stereocenters. The Kier molecular flexibility index (Phi) is 4.39. The van der Waals surface area contributed by atoms with E-state index in [1.54, 1.807) is 5.57 Å². The number of hydrogen-bond acceptors (Lipinski definition) is 2. The predicted molar refractivity (Wildman–Crippen MR) is 152 cm³/mol. The normalized spacial score (nSPS) is 23.1. The van der Waals surface area contributed by atoms with E-state index >= 15 is 0 Å². The molecule has 3 nitrogen and oxygen atoms in total. The molecule has 3 aliphatic carbocycles.